The SMILES string of the molecule is C#CC(C)(O)C(C/C=C(\C)CCC=C(C)C)C(=C)C. The van der Waals surface area contributed by atoms with Crippen LogP contribution in [0.2, 0.25) is 0 Å². The Balaban J connectivity index is 4.60. The zero-order valence-electron chi connectivity index (χ0n) is 13.1. The van der Waals surface area contributed by atoms with Crippen molar-refractivity contribution in [3.63, 3.8) is 0 Å². The summed E-state index contributed by atoms with van der Waals surface area (Å²) >= 11 is 0. The van der Waals surface area contributed by atoms with E-state index in [4.69, 9.17) is 6.42 Å². The Bertz CT molecular complexity index is 398. The van der Waals surface area contributed by atoms with Crippen molar-refractivity contribution in [2.75, 3.05) is 0 Å². The van der Waals surface area contributed by atoms with Crippen LogP contribution in [0.5, 0.6) is 0 Å². The Morgan fingerprint density at radius 2 is 1.89 bits per heavy atom. The first-order valence-electron chi connectivity index (χ1n) is 6.85. The minimum absolute atomic E-state index is 0.0871. The molecule has 0 aromatic heterocycles. The third-order valence-electron chi connectivity index (χ3n) is 3.36. The first-order valence-corrected chi connectivity index (χ1v) is 6.85. The van der Waals surface area contributed by atoms with Gasteiger partial charge in [0.15, 0.2) is 0 Å². The normalized spacial score (nSPS) is 16.2. The van der Waals surface area contributed by atoms with E-state index in [9.17, 15) is 5.11 Å². The molecule has 0 aliphatic heterocycles. The van der Waals surface area contributed by atoms with Crippen LogP contribution in [-0.4, -0.2) is 10.7 Å². The van der Waals surface area contributed by atoms with Crippen LogP contribution in [-0.2, 0) is 0 Å². The molecule has 106 valence electrons. The molecular weight excluding hydrogens is 232 g/mol. The maximum absolute atomic E-state index is 10.2. The lowest BCUT2D eigenvalue weighted by Gasteiger charge is -2.28. The molecule has 0 aliphatic carbocycles. The van der Waals surface area contributed by atoms with Crippen LogP contribution in [0.15, 0.2) is 35.5 Å². The van der Waals surface area contributed by atoms with Gasteiger partial charge in [-0.15, -0.1) is 6.42 Å². The molecule has 0 saturated carbocycles. The largest absolute Gasteiger partial charge is 0.377 e. The maximum atomic E-state index is 10.2. The topological polar surface area (TPSA) is 20.2 Å². The van der Waals surface area contributed by atoms with Crippen LogP contribution in [0.1, 0.15) is 53.9 Å². The van der Waals surface area contributed by atoms with Gasteiger partial charge in [-0.2, -0.15) is 0 Å². The van der Waals surface area contributed by atoms with Gasteiger partial charge in [0.1, 0.15) is 5.60 Å². The molecule has 1 nitrogen and oxygen atoms in total. The molecule has 0 aliphatic rings. The highest BCUT2D eigenvalue weighted by Gasteiger charge is 2.29. The highest BCUT2D eigenvalue weighted by atomic mass is 16.3. The van der Waals surface area contributed by atoms with Crippen molar-refractivity contribution < 1.29 is 5.11 Å². The number of hydrogen-bond acceptors (Lipinski definition) is 1. The monoisotopic (exact) mass is 260 g/mol. The molecule has 0 aromatic rings. The lowest BCUT2D eigenvalue weighted by molar-refractivity contribution is 0.0735. The van der Waals surface area contributed by atoms with E-state index in [0.29, 0.717) is 0 Å². The van der Waals surface area contributed by atoms with Gasteiger partial charge in [0.25, 0.3) is 0 Å². The van der Waals surface area contributed by atoms with E-state index in [2.05, 4.69) is 45.4 Å². The van der Waals surface area contributed by atoms with Gasteiger partial charge < -0.3 is 5.11 Å². The number of terminal acetylenes is 1. The van der Waals surface area contributed by atoms with Crippen LogP contribution < -0.4 is 0 Å². The van der Waals surface area contributed by atoms with E-state index < -0.39 is 5.60 Å². The lowest BCUT2D eigenvalue weighted by atomic mass is 9.82. The Hall–Kier alpha value is -1.26. The second-order valence-electron chi connectivity index (χ2n) is 5.80. The maximum Gasteiger partial charge on any atom is 0.129 e. The minimum Gasteiger partial charge on any atom is -0.377 e. The summed E-state index contributed by atoms with van der Waals surface area (Å²) in [7, 11) is 0. The summed E-state index contributed by atoms with van der Waals surface area (Å²) in [6.07, 6.45) is 12.7. The summed E-state index contributed by atoms with van der Waals surface area (Å²) in [6.45, 7) is 13.9. The summed E-state index contributed by atoms with van der Waals surface area (Å²) in [4.78, 5) is 0. The van der Waals surface area contributed by atoms with E-state index in [1.54, 1.807) is 6.92 Å². The van der Waals surface area contributed by atoms with Crippen molar-refractivity contribution in [2.45, 2.75) is 59.5 Å². The Kier molecular flexibility index (Phi) is 7.49. The predicted molar refractivity (Wildman–Crippen MR) is 84.8 cm³/mol. The molecule has 2 unspecified atom stereocenters. The van der Waals surface area contributed by atoms with Crippen LogP contribution in [0.4, 0.5) is 0 Å². The lowest BCUT2D eigenvalue weighted by Crippen LogP contribution is -2.33. The highest BCUT2D eigenvalue weighted by Crippen LogP contribution is 2.27. The van der Waals surface area contributed by atoms with Gasteiger partial charge in [0.05, 0.1) is 0 Å². The zero-order valence-corrected chi connectivity index (χ0v) is 13.1. The average Bonchev–Trinajstić information content (AvgIpc) is 2.27. The molecule has 0 amide bonds. The Morgan fingerprint density at radius 1 is 1.32 bits per heavy atom. The molecule has 2 atom stereocenters. The Labute approximate surface area is 119 Å². The molecule has 0 radical (unpaired) electrons. The second-order valence-corrected chi connectivity index (χ2v) is 5.80. The van der Waals surface area contributed by atoms with Crippen LogP contribution in [0.3, 0.4) is 0 Å². The van der Waals surface area contributed by atoms with Gasteiger partial charge in [-0.1, -0.05) is 41.4 Å². The molecule has 0 rings (SSSR count). The Morgan fingerprint density at radius 3 is 2.32 bits per heavy atom. The van der Waals surface area contributed by atoms with Crippen LogP contribution in [0, 0.1) is 18.3 Å². The molecule has 0 saturated heterocycles. The van der Waals surface area contributed by atoms with Gasteiger partial charge in [-0.25, -0.2) is 0 Å². The second kappa shape index (κ2) is 8.02. The van der Waals surface area contributed by atoms with Crippen molar-refractivity contribution in [3.05, 3.63) is 35.5 Å². The van der Waals surface area contributed by atoms with E-state index in [1.165, 1.54) is 11.1 Å². The summed E-state index contributed by atoms with van der Waals surface area (Å²) in [5, 5.41) is 10.2. The molecule has 0 fully saturated rings. The molecule has 0 spiro atoms. The molecule has 0 aromatic carbocycles. The third kappa shape index (κ3) is 7.03. The zero-order chi connectivity index (χ0) is 15.1. The number of hydrogen-bond donors (Lipinski definition) is 1. The predicted octanol–water partition coefficient (Wildman–Crippen LogP) is 4.65. The minimum atomic E-state index is -1.12. The van der Waals surface area contributed by atoms with Crippen molar-refractivity contribution in [3.8, 4) is 12.3 Å². The van der Waals surface area contributed by atoms with Crippen molar-refractivity contribution in [1.29, 1.82) is 0 Å². The van der Waals surface area contributed by atoms with E-state index in [0.717, 1.165) is 24.8 Å². The highest BCUT2D eigenvalue weighted by molar-refractivity contribution is 5.18. The molecule has 19 heavy (non-hydrogen) atoms. The quantitative estimate of drug-likeness (QED) is 0.522. The summed E-state index contributed by atoms with van der Waals surface area (Å²) in [5.41, 5.74) is 2.48. The van der Waals surface area contributed by atoms with Crippen molar-refractivity contribution in [1.82, 2.24) is 0 Å². The van der Waals surface area contributed by atoms with Gasteiger partial charge >= 0.3 is 0 Å². The molecule has 0 heterocycles. The van der Waals surface area contributed by atoms with E-state index in [-0.39, 0.29) is 5.92 Å². The number of aliphatic hydroxyl groups is 1. The standard InChI is InChI=1S/C18H28O/c1-8-18(7,19)17(15(4)5)13-12-16(6)11-9-10-14(2)3/h1,10,12,17,19H,4,9,11,13H2,2-3,5-7H3/b16-12+. The molecule has 1 N–H and O–H groups in total. The number of rotatable bonds is 7. The molecule has 0 bridgehead atoms. The van der Waals surface area contributed by atoms with E-state index >= 15 is 0 Å². The first-order chi connectivity index (χ1) is 8.70. The van der Waals surface area contributed by atoms with Gasteiger partial charge in [-0.05, 0) is 53.9 Å². The summed E-state index contributed by atoms with van der Waals surface area (Å²) in [5.74, 6) is 2.37. The number of allylic oxidation sites excluding steroid dienone is 4. The third-order valence-corrected chi connectivity index (χ3v) is 3.36. The van der Waals surface area contributed by atoms with Crippen molar-refractivity contribution in [2.24, 2.45) is 5.92 Å². The fraction of sp³-hybridized carbons (Fsp3) is 0.556. The van der Waals surface area contributed by atoms with Crippen LogP contribution >= 0.6 is 0 Å². The van der Waals surface area contributed by atoms with E-state index in [1.807, 2.05) is 6.92 Å². The van der Waals surface area contributed by atoms with Gasteiger partial charge in [0, 0.05) is 5.92 Å². The fourth-order valence-electron chi connectivity index (χ4n) is 2.02. The summed E-state index contributed by atoms with van der Waals surface area (Å²) < 4.78 is 0. The molecule has 1 heteroatoms. The average molecular weight is 260 g/mol. The van der Waals surface area contributed by atoms with Gasteiger partial charge in [0.2, 0.25) is 0 Å². The molecular formula is C18H28O. The fourth-order valence-corrected chi connectivity index (χ4v) is 2.02. The first kappa shape index (κ1) is 17.7. The summed E-state index contributed by atoms with van der Waals surface area (Å²) in [6, 6.07) is 0. The van der Waals surface area contributed by atoms with Crippen LogP contribution in [0.25, 0.3) is 0 Å². The van der Waals surface area contributed by atoms with Crippen molar-refractivity contribution >= 4 is 0 Å². The smallest absolute Gasteiger partial charge is 0.129 e. The van der Waals surface area contributed by atoms with Gasteiger partial charge in [-0.3, -0.25) is 0 Å².